The third-order valence-electron chi connectivity index (χ3n) is 4.65. The molecule has 2 aromatic rings. The van der Waals surface area contributed by atoms with E-state index in [4.69, 9.17) is 11.6 Å². The number of pyridine rings is 1. The minimum Gasteiger partial charge on any atom is -0.366 e. The molecule has 1 saturated carbocycles. The summed E-state index contributed by atoms with van der Waals surface area (Å²) < 4.78 is 0. The van der Waals surface area contributed by atoms with Crippen LogP contribution in [-0.4, -0.2) is 38.8 Å². The maximum absolute atomic E-state index is 12.7. The molecule has 3 rings (SSSR count). The van der Waals surface area contributed by atoms with Crippen LogP contribution < -0.4 is 16.0 Å². The average Bonchev–Trinajstić information content (AvgIpc) is 2.61. The predicted molar refractivity (Wildman–Crippen MR) is 109 cm³/mol. The molecule has 2 amide bonds. The van der Waals surface area contributed by atoms with Gasteiger partial charge >= 0.3 is 0 Å². The van der Waals surface area contributed by atoms with Gasteiger partial charge in [-0.3, -0.25) is 14.9 Å². The third kappa shape index (κ3) is 5.07. The zero-order chi connectivity index (χ0) is 20.3. The molecule has 0 bridgehead atoms. The summed E-state index contributed by atoms with van der Waals surface area (Å²) >= 11 is 6.08. The minimum absolute atomic E-state index is 0.0349. The lowest BCUT2D eigenvalue weighted by Crippen LogP contribution is -2.40. The van der Waals surface area contributed by atoms with Crippen LogP contribution in [0.25, 0.3) is 10.9 Å². The van der Waals surface area contributed by atoms with Gasteiger partial charge in [0.15, 0.2) is 5.82 Å². The van der Waals surface area contributed by atoms with Crippen molar-refractivity contribution in [1.29, 1.82) is 0 Å². The Morgan fingerprint density at radius 2 is 2.04 bits per heavy atom. The van der Waals surface area contributed by atoms with Gasteiger partial charge in [-0.2, -0.15) is 0 Å². The van der Waals surface area contributed by atoms with Gasteiger partial charge in [0, 0.05) is 36.5 Å². The number of halogens is 1. The first-order valence-electron chi connectivity index (χ1n) is 9.49. The summed E-state index contributed by atoms with van der Waals surface area (Å²) in [6.07, 6.45) is 4.82. The number of amides is 2. The van der Waals surface area contributed by atoms with Gasteiger partial charge in [-0.05, 0) is 39.2 Å². The molecule has 0 saturated heterocycles. The van der Waals surface area contributed by atoms with E-state index >= 15 is 0 Å². The Bertz CT molecular complexity index is 888. The molecule has 8 nitrogen and oxygen atoms in total. The van der Waals surface area contributed by atoms with Gasteiger partial charge in [-0.15, -0.1) is 0 Å². The Kier molecular flexibility index (Phi) is 6.28. The van der Waals surface area contributed by atoms with Crippen molar-refractivity contribution in [3.05, 3.63) is 17.4 Å². The number of fused-ring (bicyclic) bond motifs is 1. The molecule has 28 heavy (non-hydrogen) atoms. The number of anilines is 2. The van der Waals surface area contributed by atoms with E-state index in [9.17, 15) is 9.59 Å². The molecule has 1 aliphatic rings. The Balaban J connectivity index is 1.77. The van der Waals surface area contributed by atoms with Crippen molar-refractivity contribution in [3.8, 4) is 0 Å². The average molecular weight is 405 g/mol. The Hall–Kier alpha value is -2.48. The van der Waals surface area contributed by atoms with E-state index in [1.54, 1.807) is 12.3 Å². The first kappa shape index (κ1) is 20.3. The van der Waals surface area contributed by atoms with Crippen LogP contribution in [0.5, 0.6) is 0 Å². The fraction of sp³-hybridized carbons (Fsp3) is 0.526. The molecule has 9 heteroatoms. The lowest BCUT2D eigenvalue weighted by atomic mass is 9.85. The molecule has 1 aliphatic carbocycles. The molecule has 2 atom stereocenters. The molecule has 150 valence electrons. The Labute approximate surface area is 168 Å². The molecule has 2 aromatic heterocycles. The third-order valence-corrected chi connectivity index (χ3v) is 4.84. The van der Waals surface area contributed by atoms with Gasteiger partial charge in [0.05, 0.1) is 0 Å². The molecular weight excluding hydrogens is 380 g/mol. The highest BCUT2D eigenvalue weighted by atomic mass is 35.5. The topological polar surface area (TPSA) is 109 Å². The molecule has 1 unspecified atom stereocenters. The molecule has 0 spiro atoms. The van der Waals surface area contributed by atoms with Crippen LogP contribution >= 0.6 is 11.6 Å². The van der Waals surface area contributed by atoms with E-state index in [0.717, 1.165) is 24.6 Å². The van der Waals surface area contributed by atoms with Crippen molar-refractivity contribution in [3.63, 3.8) is 0 Å². The highest BCUT2D eigenvalue weighted by Crippen LogP contribution is 2.27. The molecule has 2 heterocycles. The SMILES string of the molecule is CC(=O)N[C@@H]1CCCC(C(=O)Nc2ncc3cc(Cl)nc(NC(C)C)c3n2)C1. The van der Waals surface area contributed by atoms with Gasteiger partial charge < -0.3 is 10.6 Å². The highest BCUT2D eigenvalue weighted by Gasteiger charge is 2.28. The Morgan fingerprint density at radius 1 is 1.25 bits per heavy atom. The van der Waals surface area contributed by atoms with Crippen LogP contribution in [-0.2, 0) is 9.59 Å². The minimum atomic E-state index is -0.179. The van der Waals surface area contributed by atoms with Gasteiger partial charge in [-0.1, -0.05) is 18.0 Å². The zero-order valence-electron chi connectivity index (χ0n) is 16.3. The van der Waals surface area contributed by atoms with E-state index in [0.29, 0.717) is 22.9 Å². The van der Waals surface area contributed by atoms with E-state index in [-0.39, 0.29) is 35.8 Å². The van der Waals surface area contributed by atoms with Crippen LogP contribution in [0.1, 0.15) is 46.5 Å². The maximum atomic E-state index is 12.7. The number of aromatic nitrogens is 3. The van der Waals surface area contributed by atoms with Crippen molar-refractivity contribution in [2.24, 2.45) is 5.92 Å². The summed E-state index contributed by atoms with van der Waals surface area (Å²) in [7, 11) is 0. The number of hydrogen-bond acceptors (Lipinski definition) is 6. The van der Waals surface area contributed by atoms with Crippen LogP contribution in [0.3, 0.4) is 0 Å². The lowest BCUT2D eigenvalue weighted by Gasteiger charge is -2.28. The smallest absolute Gasteiger partial charge is 0.230 e. The van der Waals surface area contributed by atoms with E-state index < -0.39 is 0 Å². The van der Waals surface area contributed by atoms with Crippen molar-refractivity contribution in [1.82, 2.24) is 20.3 Å². The first-order valence-corrected chi connectivity index (χ1v) is 9.87. The van der Waals surface area contributed by atoms with Gasteiger partial charge in [0.2, 0.25) is 17.8 Å². The second kappa shape index (κ2) is 8.68. The monoisotopic (exact) mass is 404 g/mol. The number of rotatable bonds is 5. The molecule has 0 aromatic carbocycles. The summed E-state index contributed by atoms with van der Waals surface area (Å²) in [4.78, 5) is 37.0. The maximum Gasteiger partial charge on any atom is 0.230 e. The van der Waals surface area contributed by atoms with Crippen LogP contribution in [0.15, 0.2) is 12.3 Å². The summed E-state index contributed by atoms with van der Waals surface area (Å²) in [5.74, 6) is 0.408. The lowest BCUT2D eigenvalue weighted by molar-refractivity contribution is -0.123. The molecular formula is C19H25ClN6O2. The van der Waals surface area contributed by atoms with E-state index in [1.807, 2.05) is 13.8 Å². The number of hydrogen-bond donors (Lipinski definition) is 3. The van der Waals surface area contributed by atoms with Crippen molar-refractivity contribution in [2.75, 3.05) is 10.6 Å². The van der Waals surface area contributed by atoms with E-state index in [2.05, 4.69) is 30.9 Å². The fourth-order valence-corrected chi connectivity index (χ4v) is 3.70. The number of carbonyl (C=O) groups excluding carboxylic acids is 2. The van der Waals surface area contributed by atoms with Crippen molar-refractivity contribution in [2.45, 2.75) is 58.5 Å². The molecule has 0 aliphatic heterocycles. The largest absolute Gasteiger partial charge is 0.366 e. The highest BCUT2D eigenvalue weighted by molar-refractivity contribution is 6.30. The summed E-state index contributed by atoms with van der Waals surface area (Å²) in [5.41, 5.74) is 0.600. The first-order chi connectivity index (χ1) is 13.3. The van der Waals surface area contributed by atoms with Gasteiger partial charge in [0.25, 0.3) is 0 Å². The second-order valence-electron chi connectivity index (χ2n) is 7.47. The molecule has 3 N–H and O–H groups in total. The molecule has 1 fully saturated rings. The van der Waals surface area contributed by atoms with Gasteiger partial charge in [-0.25, -0.2) is 15.0 Å². The normalized spacial score (nSPS) is 19.5. The summed E-state index contributed by atoms with van der Waals surface area (Å²) in [6.45, 7) is 5.48. The second-order valence-corrected chi connectivity index (χ2v) is 7.86. The number of nitrogens with zero attached hydrogens (tertiary/aromatic N) is 3. The van der Waals surface area contributed by atoms with Crippen LogP contribution in [0, 0.1) is 5.92 Å². The fourth-order valence-electron chi connectivity index (χ4n) is 3.50. The van der Waals surface area contributed by atoms with Crippen molar-refractivity contribution < 1.29 is 9.59 Å². The number of carbonyl (C=O) groups is 2. The quantitative estimate of drug-likeness (QED) is 0.660. The van der Waals surface area contributed by atoms with Crippen LogP contribution in [0.2, 0.25) is 5.15 Å². The van der Waals surface area contributed by atoms with Crippen molar-refractivity contribution >= 4 is 46.1 Å². The summed E-state index contributed by atoms with van der Waals surface area (Å²) in [6, 6.07) is 1.87. The number of nitrogens with one attached hydrogen (secondary N) is 3. The summed E-state index contributed by atoms with van der Waals surface area (Å²) in [5, 5.41) is 10.0. The Morgan fingerprint density at radius 3 is 2.75 bits per heavy atom. The van der Waals surface area contributed by atoms with E-state index in [1.165, 1.54) is 6.92 Å². The molecule has 0 radical (unpaired) electrons. The predicted octanol–water partition coefficient (Wildman–Crippen LogP) is 3.13. The standard InChI is InChI=1S/C19H25ClN6O2/c1-10(2)22-17-16-13(8-15(20)24-17)9-21-19(25-16)26-18(28)12-5-4-6-14(7-12)23-11(3)27/h8-10,12,14H,4-7H2,1-3H3,(H,22,24)(H,23,27)(H,21,25,26,28)/t12?,14-/m1/s1. The van der Waals surface area contributed by atoms with Gasteiger partial charge in [0.1, 0.15) is 10.7 Å². The van der Waals surface area contributed by atoms with Crippen LogP contribution in [0.4, 0.5) is 11.8 Å². The zero-order valence-corrected chi connectivity index (χ0v) is 17.0.